The fourth-order valence-corrected chi connectivity index (χ4v) is 2.45. The summed E-state index contributed by atoms with van der Waals surface area (Å²) < 4.78 is 1.13. The summed E-state index contributed by atoms with van der Waals surface area (Å²) in [6, 6.07) is 0. The van der Waals surface area contributed by atoms with Crippen molar-refractivity contribution in [1.29, 1.82) is 0 Å². The first-order valence-electron chi connectivity index (χ1n) is 2.81. The van der Waals surface area contributed by atoms with E-state index in [1.807, 2.05) is 0 Å². The van der Waals surface area contributed by atoms with Gasteiger partial charge in [-0.15, -0.1) is 3.94 Å². The molecular formula is C4H10Cl2N2S2. The van der Waals surface area contributed by atoms with Gasteiger partial charge in [0, 0.05) is 24.6 Å². The van der Waals surface area contributed by atoms with Gasteiger partial charge >= 0.3 is 0 Å². The molecule has 0 aromatic rings. The minimum atomic E-state index is 0.686. The van der Waals surface area contributed by atoms with Gasteiger partial charge in [0.05, 0.1) is 0 Å². The maximum absolute atomic E-state index is 5.34. The van der Waals surface area contributed by atoms with Crippen molar-refractivity contribution in [3.05, 3.63) is 0 Å². The van der Waals surface area contributed by atoms with Gasteiger partial charge in [-0.1, -0.05) is 21.6 Å². The lowest BCUT2D eigenvalue weighted by Gasteiger charge is -2.01. The second-order valence-electron chi connectivity index (χ2n) is 1.46. The Kier molecular flexibility index (Phi) is 9.29. The Bertz CT molecular complexity index is 74.3. The molecule has 0 fully saturated rings. The monoisotopic (exact) mass is 220 g/mol. The lowest BCUT2D eigenvalue weighted by Crippen LogP contribution is -2.03. The van der Waals surface area contributed by atoms with E-state index in [-0.39, 0.29) is 0 Å². The Morgan fingerprint density at radius 2 is 1.80 bits per heavy atom. The summed E-state index contributed by atoms with van der Waals surface area (Å²) in [4.78, 5) is 0. The molecule has 0 atom stereocenters. The minimum absolute atomic E-state index is 0.686. The summed E-state index contributed by atoms with van der Waals surface area (Å²) in [5, 5.41) is 0. The molecule has 0 aliphatic rings. The third kappa shape index (κ3) is 9.20. The second kappa shape index (κ2) is 8.30. The topological polar surface area (TPSA) is 29.3 Å². The molecule has 2 N–H and O–H groups in total. The molecule has 0 bridgehead atoms. The molecule has 0 radical (unpaired) electrons. The number of halogens is 2. The van der Waals surface area contributed by atoms with Crippen LogP contribution in [0.5, 0.6) is 0 Å². The molecule has 2 nitrogen and oxygen atoms in total. The first kappa shape index (κ1) is 11.2. The first-order chi connectivity index (χ1) is 4.77. The number of nitrogens with zero attached hydrogens (tertiary/aromatic N) is 1. The Morgan fingerprint density at radius 1 is 1.20 bits per heavy atom. The summed E-state index contributed by atoms with van der Waals surface area (Å²) in [6.07, 6.45) is 0. The van der Waals surface area contributed by atoms with E-state index >= 15 is 0 Å². The molecule has 10 heavy (non-hydrogen) atoms. The van der Waals surface area contributed by atoms with Crippen LogP contribution in [0.3, 0.4) is 0 Å². The van der Waals surface area contributed by atoms with E-state index in [0.717, 1.165) is 22.0 Å². The Balaban J connectivity index is 2.77. The molecule has 0 amide bonds. The molecule has 0 saturated heterocycles. The smallest absolute Gasteiger partial charge is 0.0403 e. The van der Waals surface area contributed by atoms with Crippen LogP contribution in [-0.4, -0.2) is 28.5 Å². The van der Waals surface area contributed by atoms with Crippen LogP contribution in [0.25, 0.3) is 0 Å². The van der Waals surface area contributed by atoms with Crippen LogP contribution in [0.1, 0.15) is 0 Å². The molecule has 6 heteroatoms. The molecule has 62 valence electrons. The largest absolute Gasteiger partial charge is 0.330 e. The highest BCUT2D eigenvalue weighted by Gasteiger charge is 1.94. The van der Waals surface area contributed by atoms with E-state index in [1.165, 1.54) is 0 Å². The quantitative estimate of drug-likeness (QED) is 0.421. The molecule has 0 saturated carbocycles. The van der Waals surface area contributed by atoms with Gasteiger partial charge in [0.25, 0.3) is 0 Å². The van der Waals surface area contributed by atoms with Crippen molar-refractivity contribution in [1.82, 2.24) is 3.94 Å². The zero-order valence-corrected chi connectivity index (χ0v) is 8.57. The zero-order valence-electron chi connectivity index (χ0n) is 5.43. The van der Waals surface area contributed by atoms with E-state index in [4.69, 9.17) is 29.3 Å². The van der Waals surface area contributed by atoms with Crippen molar-refractivity contribution in [3.8, 4) is 0 Å². The highest BCUT2D eigenvalue weighted by atomic mass is 35.5. The van der Waals surface area contributed by atoms with Gasteiger partial charge in [-0.2, -0.15) is 0 Å². The lowest BCUT2D eigenvalue weighted by atomic mass is 10.8. The minimum Gasteiger partial charge on any atom is -0.330 e. The van der Waals surface area contributed by atoms with Crippen LogP contribution < -0.4 is 5.73 Å². The van der Waals surface area contributed by atoms with Crippen LogP contribution in [-0.2, 0) is 0 Å². The van der Waals surface area contributed by atoms with E-state index in [1.54, 1.807) is 21.6 Å². The van der Waals surface area contributed by atoms with Gasteiger partial charge < -0.3 is 5.73 Å². The summed E-state index contributed by atoms with van der Waals surface area (Å²) in [6.45, 7) is 1.41. The van der Waals surface area contributed by atoms with Gasteiger partial charge in [0.2, 0.25) is 0 Å². The maximum atomic E-state index is 5.34. The summed E-state index contributed by atoms with van der Waals surface area (Å²) in [5.41, 5.74) is 5.27. The van der Waals surface area contributed by atoms with Crippen molar-refractivity contribution in [2.45, 2.75) is 0 Å². The van der Waals surface area contributed by atoms with Crippen molar-refractivity contribution in [2.75, 3.05) is 24.6 Å². The SMILES string of the molecule is NCCSSCCN(Cl)Cl. The average molecular weight is 221 g/mol. The fourth-order valence-electron chi connectivity index (χ4n) is 0.272. The van der Waals surface area contributed by atoms with Crippen LogP contribution in [0.2, 0.25) is 0 Å². The molecule has 0 aliphatic carbocycles. The molecule has 0 aromatic carbocycles. The molecule has 0 rings (SSSR count). The molecular weight excluding hydrogens is 211 g/mol. The maximum Gasteiger partial charge on any atom is 0.0403 e. The van der Waals surface area contributed by atoms with E-state index < -0.39 is 0 Å². The highest BCUT2D eigenvalue weighted by Crippen LogP contribution is 2.20. The second-order valence-corrected chi connectivity index (χ2v) is 5.15. The number of hydrogen-bond acceptors (Lipinski definition) is 4. The Hall–Kier alpha value is 1.20. The van der Waals surface area contributed by atoms with Crippen LogP contribution in [0, 0.1) is 0 Å². The van der Waals surface area contributed by atoms with E-state index in [2.05, 4.69) is 0 Å². The third-order valence-corrected chi connectivity index (χ3v) is 3.38. The Labute approximate surface area is 79.4 Å². The van der Waals surface area contributed by atoms with Crippen molar-refractivity contribution >= 4 is 45.1 Å². The third-order valence-electron chi connectivity index (χ3n) is 0.628. The molecule has 0 unspecified atom stereocenters. The summed E-state index contributed by atoms with van der Waals surface area (Å²) in [7, 11) is 3.48. The van der Waals surface area contributed by atoms with Gasteiger partial charge in [0.15, 0.2) is 0 Å². The predicted molar refractivity (Wildman–Crippen MR) is 52.4 cm³/mol. The number of rotatable bonds is 6. The summed E-state index contributed by atoms with van der Waals surface area (Å²) in [5.74, 6) is 1.91. The molecule has 0 aromatic heterocycles. The number of nitrogens with two attached hydrogens (primary N) is 1. The van der Waals surface area contributed by atoms with Crippen molar-refractivity contribution < 1.29 is 0 Å². The van der Waals surface area contributed by atoms with Gasteiger partial charge in [-0.05, 0) is 23.6 Å². The fraction of sp³-hybridized carbons (Fsp3) is 1.00. The highest BCUT2D eigenvalue weighted by molar-refractivity contribution is 8.76. The van der Waals surface area contributed by atoms with Crippen molar-refractivity contribution in [3.63, 3.8) is 0 Å². The lowest BCUT2D eigenvalue weighted by molar-refractivity contribution is 0.759. The molecule has 0 aliphatic heterocycles. The van der Waals surface area contributed by atoms with Crippen LogP contribution in [0.4, 0.5) is 0 Å². The first-order valence-corrected chi connectivity index (χ1v) is 5.97. The zero-order chi connectivity index (χ0) is 7.82. The average Bonchev–Trinajstić information content (AvgIpc) is 1.87. The van der Waals surface area contributed by atoms with Gasteiger partial charge in [0.1, 0.15) is 0 Å². The standard InChI is InChI=1S/C4H10Cl2N2S2/c5-8(6)2-4-10-9-3-1-7/h1-4,7H2. The van der Waals surface area contributed by atoms with Crippen LogP contribution in [0.15, 0.2) is 0 Å². The van der Waals surface area contributed by atoms with Crippen molar-refractivity contribution in [2.24, 2.45) is 5.73 Å². The molecule has 0 spiro atoms. The molecule has 0 heterocycles. The predicted octanol–water partition coefficient (Wildman–Crippen LogP) is 1.94. The number of hydrogen-bond donors (Lipinski definition) is 1. The summed E-state index contributed by atoms with van der Waals surface area (Å²) >= 11 is 10.7. The van der Waals surface area contributed by atoms with Gasteiger partial charge in [-0.3, -0.25) is 0 Å². The van der Waals surface area contributed by atoms with Crippen LogP contribution >= 0.6 is 45.1 Å². The van der Waals surface area contributed by atoms with E-state index in [0.29, 0.717) is 6.54 Å². The van der Waals surface area contributed by atoms with Gasteiger partial charge in [-0.25, -0.2) is 0 Å². The van der Waals surface area contributed by atoms with E-state index in [9.17, 15) is 0 Å². The normalized spacial score (nSPS) is 10.8. The Morgan fingerprint density at radius 3 is 2.30 bits per heavy atom.